The number of pyridine rings is 1. The van der Waals surface area contributed by atoms with E-state index in [1.54, 1.807) is 12.4 Å². The molecule has 0 unspecified atom stereocenters. The van der Waals surface area contributed by atoms with Gasteiger partial charge in [-0.1, -0.05) is 29.3 Å². The summed E-state index contributed by atoms with van der Waals surface area (Å²) in [4.78, 5) is 17.7. The predicted octanol–water partition coefficient (Wildman–Crippen LogP) is 2.94. The fraction of sp³-hybridized carbons (Fsp3) is 0.353. The molecule has 0 N–H and O–H groups in total. The zero-order valence-corrected chi connectivity index (χ0v) is 14.6. The van der Waals surface area contributed by atoms with Crippen LogP contribution in [0.4, 0.5) is 11.6 Å². The topological polar surface area (TPSA) is 45.2 Å². The van der Waals surface area contributed by atoms with Crippen molar-refractivity contribution in [2.75, 3.05) is 36.0 Å². The van der Waals surface area contributed by atoms with Gasteiger partial charge in [0.05, 0.1) is 5.69 Å². The Hall–Kier alpha value is -1.85. The van der Waals surface area contributed by atoms with Crippen molar-refractivity contribution >= 4 is 40.9 Å². The van der Waals surface area contributed by atoms with E-state index in [-0.39, 0.29) is 0 Å². The van der Waals surface area contributed by atoms with Crippen LogP contribution >= 0.6 is 23.2 Å². The van der Waals surface area contributed by atoms with Gasteiger partial charge >= 0.3 is 0 Å². The average Bonchev–Trinajstić information content (AvgIpc) is 2.61. The van der Waals surface area contributed by atoms with Gasteiger partial charge in [0.2, 0.25) is 5.95 Å². The smallest absolute Gasteiger partial charge is 0.225 e. The molecule has 1 aliphatic heterocycles. The molecule has 0 bridgehead atoms. The summed E-state index contributed by atoms with van der Waals surface area (Å²) in [5.74, 6) is 0.794. The van der Waals surface area contributed by atoms with Gasteiger partial charge < -0.3 is 9.80 Å². The van der Waals surface area contributed by atoms with E-state index in [1.165, 1.54) is 5.69 Å². The molecule has 3 heterocycles. The second-order valence-corrected chi connectivity index (χ2v) is 7.53. The standard InChI is InChI=1S/C17H17Cl2N5/c18-17(19)4-2-13-14(12-17)20-7-3-15(13)23-8-10-24(11-9-23)16-21-5-1-6-22-16/h1-7H,8-12H2. The van der Waals surface area contributed by atoms with Crippen molar-refractivity contribution in [2.45, 2.75) is 10.8 Å². The molecule has 0 radical (unpaired) electrons. The molecule has 1 aliphatic carbocycles. The molecule has 124 valence electrons. The lowest BCUT2D eigenvalue weighted by Gasteiger charge is -2.37. The van der Waals surface area contributed by atoms with E-state index in [1.807, 2.05) is 24.4 Å². The predicted molar refractivity (Wildman–Crippen MR) is 97.9 cm³/mol. The Balaban J connectivity index is 1.53. The Labute approximate surface area is 150 Å². The third-order valence-electron chi connectivity index (χ3n) is 4.40. The van der Waals surface area contributed by atoms with Gasteiger partial charge in [-0.05, 0) is 18.2 Å². The van der Waals surface area contributed by atoms with Crippen LogP contribution in [0.1, 0.15) is 11.3 Å². The van der Waals surface area contributed by atoms with Gasteiger partial charge in [-0.15, -0.1) is 0 Å². The second-order valence-electron chi connectivity index (χ2n) is 5.98. The van der Waals surface area contributed by atoms with Crippen molar-refractivity contribution < 1.29 is 0 Å². The Morgan fingerprint density at radius 3 is 2.38 bits per heavy atom. The molecule has 0 amide bonds. The lowest BCUT2D eigenvalue weighted by molar-refractivity contribution is 0.638. The molecule has 2 aromatic rings. The number of hydrogen-bond acceptors (Lipinski definition) is 5. The maximum Gasteiger partial charge on any atom is 0.225 e. The van der Waals surface area contributed by atoms with E-state index < -0.39 is 4.33 Å². The van der Waals surface area contributed by atoms with Crippen LogP contribution in [0, 0.1) is 0 Å². The molecule has 4 rings (SSSR count). The van der Waals surface area contributed by atoms with Crippen molar-refractivity contribution in [2.24, 2.45) is 0 Å². The van der Waals surface area contributed by atoms with Crippen LogP contribution in [0.5, 0.6) is 0 Å². The summed E-state index contributed by atoms with van der Waals surface area (Å²) < 4.78 is -0.859. The fourth-order valence-electron chi connectivity index (χ4n) is 3.19. The van der Waals surface area contributed by atoms with E-state index in [9.17, 15) is 0 Å². The van der Waals surface area contributed by atoms with E-state index in [2.05, 4.69) is 30.8 Å². The van der Waals surface area contributed by atoms with E-state index in [0.717, 1.165) is 43.4 Å². The molecule has 0 aromatic carbocycles. The van der Waals surface area contributed by atoms with Crippen LogP contribution in [0.25, 0.3) is 6.08 Å². The Bertz CT molecular complexity index is 755. The zero-order chi connectivity index (χ0) is 16.6. The van der Waals surface area contributed by atoms with Gasteiger partial charge in [-0.3, -0.25) is 4.98 Å². The van der Waals surface area contributed by atoms with Crippen molar-refractivity contribution in [3.8, 4) is 0 Å². The van der Waals surface area contributed by atoms with Crippen LogP contribution < -0.4 is 9.80 Å². The van der Waals surface area contributed by atoms with Gasteiger partial charge in [-0.2, -0.15) is 0 Å². The second kappa shape index (κ2) is 6.22. The summed E-state index contributed by atoms with van der Waals surface area (Å²) in [7, 11) is 0. The highest BCUT2D eigenvalue weighted by molar-refractivity contribution is 6.50. The van der Waals surface area contributed by atoms with Crippen molar-refractivity contribution in [3.05, 3.63) is 48.1 Å². The molecule has 1 fully saturated rings. The molecule has 7 heteroatoms. The first-order valence-corrected chi connectivity index (χ1v) is 8.70. The van der Waals surface area contributed by atoms with E-state index >= 15 is 0 Å². The monoisotopic (exact) mass is 361 g/mol. The third kappa shape index (κ3) is 3.06. The summed E-state index contributed by atoms with van der Waals surface area (Å²) in [5, 5.41) is 0. The SMILES string of the molecule is ClC1(Cl)C=Cc2c(N3CCN(c4ncccn4)CC3)ccnc2C1. The highest BCUT2D eigenvalue weighted by Crippen LogP contribution is 2.37. The number of anilines is 2. The molecule has 1 saturated heterocycles. The number of fused-ring (bicyclic) bond motifs is 1. The quantitative estimate of drug-likeness (QED) is 0.769. The summed E-state index contributed by atoms with van der Waals surface area (Å²) in [6, 6.07) is 3.90. The number of allylic oxidation sites excluding steroid dienone is 1. The highest BCUT2D eigenvalue weighted by Gasteiger charge is 2.29. The first-order valence-electron chi connectivity index (χ1n) is 7.94. The van der Waals surface area contributed by atoms with Crippen LogP contribution in [0.15, 0.2) is 36.8 Å². The Morgan fingerprint density at radius 1 is 0.917 bits per heavy atom. The lowest BCUT2D eigenvalue weighted by Crippen LogP contribution is -2.47. The minimum Gasteiger partial charge on any atom is -0.367 e. The summed E-state index contributed by atoms with van der Waals surface area (Å²) in [5.41, 5.74) is 3.27. The number of halogens is 2. The average molecular weight is 362 g/mol. The molecule has 0 spiro atoms. The maximum atomic E-state index is 6.23. The van der Waals surface area contributed by atoms with Gasteiger partial charge in [0.1, 0.15) is 4.33 Å². The van der Waals surface area contributed by atoms with Crippen LogP contribution in [-0.2, 0) is 6.42 Å². The van der Waals surface area contributed by atoms with Crippen molar-refractivity contribution in [1.29, 1.82) is 0 Å². The van der Waals surface area contributed by atoms with Gasteiger partial charge in [-0.25, -0.2) is 9.97 Å². The summed E-state index contributed by atoms with van der Waals surface area (Å²) in [6.07, 6.45) is 9.77. The minimum absolute atomic E-state index is 0.535. The zero-order valence-electron chi connectivity index (χ0n) is 13.1. The Morgan fingerprint density at radius 2 is 1.62 bits per heavy atom. The number of rotatable bonds is 2. The summed E-state index contributed by atoms with van der Waals surface area (Å²) in [6.45, 7) is 3.60. The fourth-order valence-corrected chi connectivity index (χ4v) is 3.57. The molecule has 24 heavy (non-hydrogen) atoms. The minimum atomic E-state index is -0.859. The molecule has 0 atom stereocenters. The molecule has 0 saturated carbocycles. The van der Waals surface area contributed by atoms with E-state index in [0.29, 0.717) is 6.42 Å². The molecule has 5 nitrogen and oxygen atoms in total. The number of nitrogens with zero attached hydrogens (tertiary/aromatic N) is 5. The number of alkyl halides is 2. The van der Waals surface area contributed by atoms with Gasteiger partial charge in [0.15, 0.2) is 0 Å². The van der Waals surface area contributed by atoms with Crippen molar-refractivity contribution in [1.82, 2.24) is 15.0 Å². The van der Waals surface area contributed by atoms with Crippen molar-refractivity contribution in [3.63, 3.8) is 0 Å². The molecular weight excluding hydrogens is 345 g/mol. The van der Waals surface area contributed by atoms with Crippen LogP contribution in [0.3, 0.4) is 0 Å². The normalized spacial score (nSPS) is 19.2. The largest absolute Gasteiger partial charge is 0.367 e. The Kier molecular flexibility index (Phi) is 4.06. The van der Waals surface area contributed by atoms with Gasteiger partial charge in [0.25, 0.3) is 0 Å². The first-order chi connectivity index (χ1) is 11.6. The lowest BCUT2D eigenvalue weighted by atomic mass is 9.99. The molecular formula is C17H17Cl2N5. The van der Waals surface area contributed by atoms with Crippen LogP contribution in [-0.4, -0.2) is 45.5 Å². The number of piperazine rings is 1. The first kappa shape index (κ1) is 15.7. The highest BCUT2D eigenvalue weighted by atomic mass is 35.5. The third-order valence-corrected chi connectivity index (χ3v) is 4.92. The number of hydrogen-bond donors (Lipinski definition) is 0. The molecule has 2 aromatic heterocycles. The number of aromatic nitrogens is 3. The summed E-state index contributed by atoms with van der Waals surface area (Å²) >= 11 is 12.5. The molecule has 2 aliphatic rings. The van der Waals surface area contributed by atoms with E-state index in [4.69, 9.17) is 23.2 Å². The maximum absolute atomic E-state index is 6.23. The van der Waals surface area contributed by atoms with Gasteiger partial charge in [0, 0.05) is 62.4 Å². The van der Waals surface area contributed by atoms with Crippen LogP contribution in [0.2, 0.25) is 0 Å².